The third-order valence-corrected chi connectivity index (χ3v) is 15.5. The Kier molecular flexibility index (Phi) is 10.5. The maximum Gasteiger partial charge on any atom is 0.0470 e. The number of hydrogen-bond acceptors (Lipinski definition) is 3. The first-order chi connectivity index (χ1) is 16.4. The summed E-state index contributed by atoms with van der Waals surface area (Å²) >= 11 is -2.09. The molecule has 0 atom stereocenters. The second kappa shape index (κ2) is 12.7. The molecule has 3 nitrogen and oxygen atoms in total. The summed E-state index contributed by atoms with van der Waals surface area (Å²) < 4.78 is 4.45. The second-order valence-electron chi connectivity index (χ2n) is 10.9. The molecule has 0 unspecified atom stereocenters. The van der Waals surface area contributed by atoms with Gasteiger partial charge in [-0.15, -0.1) is 0 Å². The van der Waals surface area contributed by atoms with Crippen LogP contribution < -0.4 is 27.9 Å². The molecule has 3 rings (SSSR count). The van der Waals surface area contributed by atoms with Crippen molar-refractivity contribution in [2.24, 2.45) is 0 Å². The van der Waals surface area contributed by atoms with Crippen LogP contribution in [0.4, 0.5) is 17.1 Å². The van der Waals surface area contributed by atoms with Crippen LogP contribution in [0.1, 0.15) is 20.8 Å². The Balaban J connectivity index is 0.000000540. The molecule has 0 bridgehead atoms. The third-order valence-electron chi connectivity index (χ3n) is 6.47. The molecule has 0 aliphatic heterocycles. The van der Waals surface area contributed by atoms with Crippen molar-refractivity contribution in [2.45, 2.75) is 38.9 Å². The molecule has 2 radical (unpaired) electrons. The molecule has 188 valence electrons. The first kappa shape index (κ1) is 29.1. The number of rotatable bonds is 6. The van der Waals surface area contributed by atoms with Crippen molar-refractivity contribution in [1.29, 1.82) is 0 Å². The van der Waals surface area contributed by atoms with Crippen LogP contribution in [-0.4, -0.2) is 65.4 Å². The van der Waals surface area contributed by atoms with Crippen molar-refractivity contribution in [3.8, 4) is 0 Å². The minimum absolute atomic E-state index is 0.0502. The molecule has 0 saturated heterocycles. The van der Waals surface area contributed by atoms with Crippen LogP contribution in [0.2, 0.25) is 18.1 Å². The predicted molar refractivity (Wildman–Crippen MR) is 164 cm³/mol. The van der Waals surface area contributed by atoms with Gasteiger partial charge in [0, 0.05) is 8.80 Å². The number of para-hydroxylation sites is 3. The van der Waals surface area contributed by atoms with Crippen LogP contribution in [0.15, 0.2) is 72.8 Å². The summed E-state index contributed by atoms with van der Waals surface area (Å²) in [6, 6.07) is 26.7. The van der Waals surface area contributed by atoms with Gasteiger partial charge in [-0.3, -0.25) is 0 Å². The monoisotopic (exact) mass is 549 g/mol. The summed E-state index contributed by atoms with van der Waals surface area (Å²) in [6.07, 6.45) is 0. The van der Waals surface area contributed by atoms with Gasteiger partial charge in [0.05, 0.1) is 0 Å². The molecule has 0 N–H and O–H groups in total. The summed E-state index contributed by atoms with van der Waals surface area (Å²) in [5.41, 5.74) is 3.96. The van der Waals surface area contributed by atoms with Crippen LogP contribution in [0.25, 0.3) is 0 Å². The van der Waals surface area contributed by atoms with E-state index in [2.05, 4.69) is 164 Å². The van der Waals surface area contributed by atoms with Crippen molar-refractivity contribution in [1.82, 2.24) is 0 Å². The van der Waals surface area contributed by atoms with E-state index in [9.17, 15) is 0 Å². The van der Waals surface area contributed by atoms with Gasteiger partial charge in [0.15, 0.2) is 0 Å². The molecular formula is C30H45GeN3Si. The number of benzene rings is 3. The Bertz CT molecular complexity index is 949. The second-order valence-corrected chi connectivity index (χ2v) is 19.3. The van der Waals surface area contributed by atoms with Crippen molar-refractivity contribution in [3.63, 3.8) is 0 Å². The number of nitrogens with zero attached hydrogens (tertiary/aromatic N) is 3. The van der Waals surface area contributed by atoms with E-state index < -0.39 is 14.3 Å². The van der Waals surface area contributed by atoms with Crippen molar-refractivity contribution in [3.05, 3.63) is 72.8 Å². The molecule has 0 heterocycles. The minimum Gasteiger partial charge on any atom is -0.0709 e. The summed E-state index contributed by atoms with van der Waals surface area (Å²) in [5.74, 6) is 0. The Hall–Kier alpha value is -2.18. The molecule has 0 amide bonds. The fraction of sp³-hybridized carbons (Fsp3) is 0.400. The molecule has 3 aromatic rings. The topological polar surface area (TPSA) is 9.72 Å². The molecular weight excluding hydrogens is 503 g/mol. The van der Waals surface area contributed by atoms with Crippen LogP contribution in [0.5, 0.6) is 0 Å². The normalized spacial score (nSPS) is 11.2. The maximum atomic E-state index is 2.35. The van der Waals surface area contributed by atoms with E-state index in [1.807, 2.05) is 0 Å². The van der Waals surface area contributed by atoms with Crippen LogP contribution in [0.3, 0.4) is 0 Å². The Morgan fingerprint density at radius 1 is 0.514 bits per heavy atom. The predicted octanol–water partition coefficient (Wildman–Crippen LogP) is 4.94. The van der Waals surface area contributed by atoms with Gasteiger partial charge in [-0.25, -0.2) is 0 Å². The maximum absolute atomic E-state index is 2.35. The first-order valence-corrected chi connectivity index (χ1v) is 18.0. The van der Waals surface area contributed by atoms with E-state index in [0.29, 0.717) is 5.04 Å². The number of hydrogen-bond donors (Lipinski definition) is 0. The van der Waals surface area contributed by atoms with Crippen molar-refractivity contribution in [2.75, 3.05) is 57.0 Å². The molecule has 35 heavy (non-hydrogen) atoms. The fourth-order valence-electron chi connectivity index (χ4n) is 3.66. The van der Waals surface area contributed by atoms with Gasteiger partial charge in [-0.1, -0.05) is 33.9 Å². The Labute approximate surface area is 221 Å². The molecule has 0 saturated carbocycles. The van der Waals surface area contributed by atoms with Gasteiger partial charge >= 0.3 is 174 Å². The van der Waals surface area contributed by atoms with E-state index in [-0.39, 0.29) is 8.80 Å². The molecule has 0 aliphatic carbocycles. The van der Waals surface area contributed by atoms with Gasteiger partial charge in [-0.2, -0.15) is 0 Å². The average molecular weight is 548 g/mol. The molecule has 0 aliphatic rings. The SMILES string of the molecule is CN(C)c1cccc[c]1[Ge]([c]1ccccc1N(C)C)[c]1ccccc1N(C)C.C[Si](C)C(C)(C)C. The van der Waals surface area contributed by atoms with Crippen molar-refractivity contribution >= 4 is 53.4 Å². The van der Waals surface area contributed by atoms with Gasteiger partial charge in [0.2, 0.25) is 0 Å². The zero-order chi connectivity index (χ0) is 26.3. The minimum atomic E-state index is -2.09. The smallest absolute Gasteiger partial charge is 0.0470 e. The van der Waals surface area contributed by atoms with Gasteiger partial charge in [-0.05, 0) is 5.04 Å². The van der Waals surface area contributed by atoms with Gasteiger partial charge in [0.1, 0.15) is 0 Å². The molecule has 0 aromatic heterocycles. The fourth-order valence-corrected chi connectivity index (χ4v) is 10.7. The van der Waals surface area contributed by atoms with Crippen LogP contribution in [0, 0.1) is 0 Å². The Morgan fingerprint density at radius 3 is 0.943 bits per heavy atom. The third kappa shape index (κ3) is 7.65. The van der Waals surface area contributed by atoms with Gasteiger partial charge < -0.3 is 0 Å². The van der Waals surface area contributed by atoms with E-state index >= 15 is 0 Å². The number of anilines is 3. The van der Waals surface area contributed by atoms with Gasteiger partial charge in [0.25, 0.3) is 0 Å². The summed E-state index contributed by atoms with van der Waals surface area (Å²) in [6.45, 7) is 11.6. The molecule has 0 spiro atoms. The summed E-state index contributed by atoms with van der Waals surface area (Å²) in [5, 5.41) is 0.602. The largest absolute Gasteiger partial charge is 0.0709 e. The average Bonchev–Trinajstić information content (AvgIpc) is 2.79. The molecule has 5 heteroatoms. The zero-order valence-corrected chi connectivity index (χ0v) is 26.9. The Morgan fingerprint density at radius 2 is 0.743 bits per heavy atom. The summed E-state index contributed by atoms with van der Waals surface area (Å²) in [7, 11) is 12.8. The van der Waals surface area contributed by atoms with Crippen LogP contribution >= 0.6 is 0 Å². The zero-order valence-electron chi connectivity index (χ0n) is 23.8. The standard InChI is InChI=1S/C24H30GeN3.C6H15Si/c1-26(2)22-16-10-7-13-19(22)25(20-14-8-11-17-23(20)27(3)4)21-15-9-12-18-24(21)28(5)6;1-6(2,3)7(4)5/h7-18H,1-6H3;1-5H3. The quantitative estimate of drug-likeness (QED) is 0.405. The molecule has 3 aromatic carbocycles. The first-order valence-electron chi connectivity index (χ1n) is 12.3. The van der Waals surface area contributed by atoms with E-state index in [1.165, 1.54) is 30.2 Å². The summed E-state index contributed by atoms with van der Waals surface area (Å²) in [4.78, 5) is 6.75. The van der Waals surface area contributed by atoms with Crippen LogP contribution in [-0.2, 0) is 0 Å². The van der Waals surface area contributed by atoms with E-state index in [1.54, 1.807) is 0 Å². The van der Waals surface area contributed by atoms with E-state index in [4.69, 9.17) is 0 Å². The van der Waals surface area contributed by atoms with E-state index in [0.717, 1.165) is 0 Å². The van der Waals surface area contributed by atoms with Crippen molar-refractivity contribution < 1.29 is 0 Å². The molecule has 0 fully saturated rings.